The first-order valence-corrected chi connectivity index (χ1v) is 8.16. The number of hydrogen-bond donors (Lipinski definition) is 1. The predicted octanol–water partition coefficient (Wildman–Crippen LogP) is 3.87. The molecule has 5 heteroatoms. The summed E-state index contributed by atoms with van der Waals surface area (Å²) >= 11 is 0. The lowest BCUT2D eigenvalue weighted by Crippen LogP contribution is -2.41. The number of aromatic nitrogens is 1. The molecule has 23 heavy (non-hydrogen) atoms. The van der Waals surface area contributed by atoms with Gasteiger partial charge in [-0.15, -0.1) is 0 Å². The molecular weight excluding hydrogens is 288 g/mol. The van der Waals surface area contributed by atoms with Crippen molar-refractivity contribution < 1.29 is 4.79 Å². The highest BCUT2D eigenvalue weighted by molar-refractivity contribution is 5.83. The fraction of sp³-hybridized carbons (Fsp3) is 0.389. The number of hydrogen-bond acceptors (Lipinski definition) is 3. The van der Waals surface area contributed by atoms with Crippen molar-refractivity contribution in [3.05, 3.63) is 42.2 Å². The Hall–Kier alpha value is -2.43. The first-order chi connectivity index (χ1) is 11.2. The van der Waals surface area contributed by atoms with E-state index in [2.05, 4.69) is 28.4 Å². The molecule has 0 spiro atoms. The smallest absolute Gasteiger partial charge is 0.334 e. The van der Waals surface area contributed by atoms with Crippen molar-refractivity contribution >= 4 is 23.0 Å². The molecule has 0 saturated heterocycles. The number of pyridine rings is 1. The van der Waals surface area contributed by atoms with E-state index in [9.17, 15) is 4.79 Å². The van der Waals surface area contributed by atoms with Gasteiger partial charge in [-0.3, -0.25) is 4.98 Å². The maximum absolute atomic E-state index is 12.5. The minimum absolute atomic E-state index is 0.131. The number of benzene rings is 1. The summed E-state index contributed by atoms with van der Waals surface area (Å²) in [4.78, 5) is 17.0. The van der Waals surface area contributed by atoms with Gasteiger partial charge in [0.05, 0.1) is 5.69 Å². The zero-order valence-corrected chi connectivity index (χ0v) is 13.6. The molecule has 2 amide bonds. The minimum atomic E-state index is -0.153. The van der Waals surface area contributed by atoms with Crippen LogP contribution >= 0.6 is 0 Å². The first-order valence-electron chi connectivity index (χ1n) is 8.16. The summed E-state index contributed by atoms with van der Waals surface area (Å²) in [5.74, 6) is 0. The second-order valence-corrected chi connectivity index (χ2v) is 5.99. The Morgan fingerprint density at radius 3 is 2.96 bits per heavy atom. The van der Waals surface area contributed by atoms with Gasteiger partial charge in [-0.05, 0) is 24.8 Å². The van der Waals surface area contributed by atoms with Gasteiger partial charge >= 0.3 is 6.03 Å². The van der Waals surface area contributed by atoms with Gasteiger partial charge in [0.2, 0.25) is 0 Å². The normalized spacial score (nSPS) is 18.3. The highest BCUT2D eigenvalue weighted by Crippen LogP contribution is 2.28. The third-order valence-corrected chi connectivity index (χ3v) is 4.12. The molecule has 3 rings (SSSR count). The van der Waals surface area contributed by atoms with Gasteiger partial charge in [-0.25, -0.2) is 9.80 Å². The molecule has 0 saturated carbocycles. The van der Waals surface area contributed by atoms with E-state index in [1.807, 2.05) is 37.4 Å². The largest absolute Gasteiger partial charge is 0.338 e. The van der Waals surface area contributed by atoms with Crippen molar-refractivity contribution in [1.29, 1.82) is 0 Å². The molecule has 0 bridgehead atoms. The number of nitrogens with one attached hydrogen (secondary N) is 1. The van der Waals surface area contributed by atoms with Crippen molar-refractivity contribution in [2.75, 3.05) is 0 Å². The molecule has 2 atom stereocenters. The van der Waals surface area contributed by atoms with E-state index in [0.29, 0.717) is 6.42 Å². The van der Waals surface area contributed by atoms with Crippen LogP contribution in [0, 0.1) is 0 Å². The lowest BCUT2D eigenvalue weighted by atomic mass is 10.1. The standard InChI is InChI=1S/C18H22N4O/c1-3-6-13(2)21-18(23)22-17(9-10-20-22)16-11-14-7-4-5-8-15(14)12-19-16/h4-5,7-8,10-13,17H,3,6,9H2,1-2H3,(H,21,23). The maximum atomic E-state index is 12.5. The van der Waals surface area contributed by atoms with Crippen LogP contribution < -0.4 is 5.32 Å². The van der Waals surface area contributed by atoms with Crippen LogP contribution in [-0.2, 0) is 0 Å². The molecule has 1 aromatic carbocycles. The Labute approximate surface area is 136 Å². The van der Waals surface area contributed by atoms with Gasteiger partial charge in [-0.1, -0.05) is 37.6 Å². The summed E-state index contributed by atoms with van der Waals surface area (Å²) in [6.45, 7) is 4.13. The summed E-state index contributed by atoms with van der Waals surface area (Å²) < 4.78 is 0. The average molecular weight is 310 g/mol. The molecule has 0 fully saturated rings. The predicted molar refractivity (Wildman–Crippen MR) is 92.3 cm³/mol. The topological polar surface area (TPSA) is 57.6 Å². The number of carbonyl (C=O) groups is 1. The average Bonchev–Trinajstić information content (AvgIpc) is 3.04. The summed E-state index contributed by atoms with van der Waals surface area (Å²) in [6.07, 6.45) is 6.34. The third kappa shape index (κ3) is 3.33. The van der Waals surface area contributed by atoms with Crippen LogP contribution in [0.1, 0.15) is 44.8 Å². The molecule has 120 valence electrons. The Kier molecular flexibility index (Phi) is 4.55. The van der Waals surface area contributed by atoms with Crippen LogP contribution in [-0.4, -0.2) is 28.3 Å². The number of carbonyl (C=O) groups excluding carboxylic acids is 1. The molecular formula is C18H22N4O. The van der Waals surface area contributed by atoms with Gasteiger partial charge in [0, 0.05) is 30.3 Å². The van der Waals surface area contributed by atoms with Crippen molar-refractivity contribution in [3.63, 3.8) is 0 Å². The van der Waals surface area contributed by atoms with Crippen LogP contribution in [0.5, 0.6) is 0 Å². The molecule has 1 aliphatic rings. The van der Waals surface area contributed by atoms with E-state index < -0.39 is 0 Å². The number of rotatable bonds is 4. The number of amides is 2. The first kappa shape index (κ1) is 15.5. The van der Waals surface area contributed by atoms with E-state index in [0.717, 1.165) is 29.3 Å². The van der Waals surface area contributed by atoms with Crippen LogP contribution in [0.25, 0.3) is 10.8 Å². The molecule has 2 unspecified atom stereocenters. The molecule has 2 heterocycles. The molecule has 0 radical (unpaired) electrons. The zero-order chi connectivity index (χ0) is 16.2. The Morgan fingerprint density at radius 1 is 1.39 bits per heavy atom. The number of hydrazone groups is 1. The van der Waals surface area contributed by atoms with Crippen molar-refractivity contribution in [2.45, 2.75) is 45.2 Å². The molecule has 1 aromatic heterocycles. The second-order valence-electron chi connectivity index (χ2n) is 5.99. The monoisotopic (exact) mass is 310 g/mol. The van der Waals surface area contributed by atoms with E-state index in [4.69, 9.17) is 0 Å². The maximum Gasteiger partial charge on any atom is 0.338 e. The lowest BCUT2D eigenvalue weighted by molar-refractivity contribution is 0.181. The molecule has 1 aliphatic heterocycles. The van der Waals surface area contributed by atoms with E-state index in [1.165, 1.54) is 5.01 Å². The molecule has 1 N–H and O–H groups in total. The highest BCUT2D eigenvalue weighted by Gasteiger charge is 2.29. The van der Waals surface area contributed by atoms with Crippen molar-refractivity contribution in [2.24, 2.45) is 5.10 Å². The van der Waals surface area contributed by atoms with Gasteiger partial charge in [0.15, 0.2) is 0 Å². The number of nitrogens with zero attached hydrogens (tertiary/aromatic N) is 3. The Balaban J connectivity index is 1.79. The van der Waals surface area contributed by atoms with Gasteiger partial charge < -0.3 is 5.32 Å². The van der Waals surface area contributed by atoms with Crippen molar-refractivity contribution in [3.8, 4) is 0 Å². The molecule has 0 aliphatic carbocycles. The minimum Gasteiger partial charge on any atom is -0.334 e. The van der Waals surface area contributed by atoms with Crippen LogP contribution in [0.4, 0.5) is 4.79 Å². The van der Waals surface area contributed by atoms with Crippen molar-refractivity contribution in [1.82, 2.24) is 15.3 Å². The van der Waals surface area contributed by atoms with Crippen LogP contribution in [0.15, 0.2) is 41.6 Å². The molecule has 2 aromatic rings. The number of urea groups is 1. The zero-order valence-electron chi connectivity index (χ0n) is 13.6. The van der Waals surface area contributed by atoms with Gasteiger partial charge in [0.1, 0.15) is 6.04 Å². The Morgan fingerprint density at radius 2 is 2.17 bits per heavy atom. The Bertz CT molecular complexity index is 728. The summed E-state index contributed by atoms with van der Waals surface area (Å²) in [5, 5.41) is 11.0. The molecule has 5 nitrogen and oxygen atoms in total. The van der Waals surface area contributed by atoms with Gasteiger partial charge in [-0.2, -0.15) is 5.10 Å². The SMILES string of the molecule is CCCC(C)NC(=O)N1N=CCC1c1cc2ccccc2cn1. The number of fused-ring (bicyclic) bond motifs is 1. The van der Waals surface area contributed by atoms with Gasteiger partial charge in [0.25, 0.3) is 0 Å². The highest BCUT2D eigenvalue weighted by atomic mass is 16.2. The summed E-state index contributed by atoms with van der Waals surface area (Å²) in [6, 6.07) is 10.0. The summed E-state index contributed by atoms with van der Waals surface area (Å²) in [5.41, 5.74) is 0.875. The third-order valence-electron chi connectivity index (χ3n) is 4.12. The van der Waals surface area contributed by atoms with E-state index in [-0.39, 0.29) is 18.1 Å². The quantitative estimate of drug-likeness (QED) is 0.932. The van der Waals surface area contributed by atoms with Crippen LogP contribution in [0.2, 0.25) is 0 Å². The fourth-order valence-electron chi connectivity index (χ4n) is 2.92. The van der Waals surface area contributed by atoms with E-state index >= 15 is 0 Å². The lowest BCUT2D eigenvalue weighted by Gasteiger charge is -2.24. The fourth-order valence-corrected chi connectivity index (χ4v) is 2.92. The van der Waals surface area contributed by atoms with E-state index in [1.54, 1.807) is 6.21 Å². The second kappa shape index (κ2) is 6.77. The van der Waals surface area contributed by atoms with Crippen LogP contribution in [0.3, 0.4) is 0 Å². The summed E-state index contributed by atoms with van der Waals surface area (Å²) in [7, 11) is 0.